The maximum atomic E-state index is 12.1. The Kier molecular flexibility index (Phi) is 6.03. The van der Waals surface area contributed by atoms with Crippen LogP contribution < -0.4 is 0 Å². The van der Waals surface area contributed by atoms with Gasteiger partial charge in [0.2, 0.25) is 0 Å². The van der Waals surface area contributed by atoms with Crippen LogP contribution in [0.4, 0.5) is 5.69 Å². The lowest BCUT2D eigenvalue weighted by Crippen LogP contribution is -2.31. The van der Waals surface area contributed by atoms with Crippen LogP contribution in [0.15, 0.2) is 54.6 Å². The van der Waals surface area contributed by atoms with Gasteiger partial charge in [0.25, 0.3) is 5.69 Å². The van der Waals surface area contributed by atoms with Crippen molar-refractivity contribution in [3.8, 4) is 0 Å². The van der Waals surface area contributed by atoms with E-state index in [1.807, 2.05) is 37.3 Å². The second kappa shape index (κ2) is 8.21. The molecule has 0 unspecified atom stereocenters. The van der Waals surface area contributed by atoms with E-state index in [0.717, 1.165) is 11.1 Å². The Morgan fingerprint density at radius 1 is 1.12 bits per heavy atom. The van der Waals surface area contributed by atoms with E-state index < -0.39 is 17.0 Å². The molecule has 0 fully saturated rings. The molecule has 0 saturated heterocycles. The smallest absolute Gasteiger partial charge is 0.335 e. The Hall–Kier alpha value is -2.73. The summed E-state index contributed by atoms with van der Waals surface area (Å²) in [6, 6.07) is 15.6. The summed E-state index contributed by atoms with van der Waals surface area (Å²) in [6.07, 6.45) is -0.757. The van der Waals surface area contributed by atoms with Crippen LogP contribution in [0.2, 0.25) is 0 Å². The molecule has 0 aromatic heterocycles. The fourth-order valence-electron chi connectivity index (χ4n) is 2.36. The Balaban J connectivity index is 2.09. The second-order valence-corrected chi connectivity index (χ2v) is 5.38. The second-order valence-electron chi connectivity index (χ2n) is 5.38. The molecule has 6 nitrogen and oxygen atoms in total. The number of carbonyl (C=O) groups excluding carboxylic acids is 1. The molecular weight excluding hydrogens is 310 g/mol. The summed E-state index contributed by atoms with van der Waals surface area (Å²) in [5.41, 5.74) is 1.73. The van der Waals surface area contributed by atoms with E-state index in [1.165, 1.54) is 19.2 Å². The van der Waals surface area contributed by atoms with Crippen molar-refractivity contribution in [3.63, 3.8) is 0 Å². The van der Waals surface area contributed by atoms with Crippen LogP contribution in [0.25, 0.3) is 0 Å². The number of nitro groups is 1. The molecule has 6 heteroatoms. The maximum Gasteiger partial charge on any atom is 0.335 e. The van der Waals surface area contributed by atoms with E-state index in [9.17, 15) is 14.9 Å². The minimum Gasteiger partial charge on any atom is -0.467 e. The maximum absolute atomic E-state index is 12.1. The molecule has 0 aliphatic carbocycles. The topological polar surface area (TPSA) is 78.7 Å². The van der Waals surface area contributed by atoms with Crippen molar-refractivity contribution in [2.45, 2.75) is 25.6 Å². The van der Waals surface area contributed by atoms with E-state index in [0.29, 0.717) is 0 Å². The number of esters is 1. The summed E-state index contributed by atoms with van der Waals surface area (Å²) >= 11 is 0. The normalized spacial score (nSPS) is 13.1. The predicted octanol–water partition coefficient (Wildman–Crippen LogP) is 3.46. The minimum atomic E-state index is -0.757. The number of rotatable bonds is 7. The zero-order valence-corrected chi connectivity index (χ0v) is 13.5. The van der Waals surface area contributed by atoms with Gasteiger partial charge in [0.15, 0.2) is 6.10 Å². The molecule has 0 saturated carbocycles. The fraction of sp³-hybridized carbons (Fsp3) is 0.278. The molecule has 2 rings (SSSR count). The fourth-order valence-corrected chi connectivity index (χ4v) is 2.36. The van der Waals surface area contributed by atoms with E-state index in [2.05, 4.69) is 0 Å². The first-order valence-electron chi connectivity index (χ1n) is 7.50. The van der Waals surface area contributed by atoms with Gasteiger partial charge in [-0.3, -0.25) is 10.1 Å². The molecule has 0 N–H and O–H groups in total. The molecule has 0 aliphatic rings. The van der Waals surface area contributed by atoms with Crippen LogP contribution in [-0.2, 0) is 20.9 Å². The summed E-state index contributed by atoms with van der Waals surface area (Å²) in [5, 5.41) is 10.7. The van der Waals surface area contributed by atoms with Gasteiger partial charge in [0, 0.05) is 18.1 Å². The summed E-state index contributed by atoms with van der Waals surface area (Å²) in [7, 11) is 1.32. The third kappa shape index (κ3) is 4.39. The van der Waals surface area contributed by atoms with Gasteiger partial charge in [-0.1, -0.05) is 37.3 Å². The van der Waals surface area contributed by atoms with E-state index in [1.54, 1.807) is 12.1 Å². The number of ether oxygens (including phenoxy) is 2. The molecule has 0 bridgehead atoms. The van der Waals surface area contributed by atoms with E-state index in [-0.39, 0.29) is 18.2 Å². The van der Waals surface area contributed by atoms with E-state index in [4.69, 9.17) is 9.47 Å². The largest absolute Gasteiger partial charge is 0.467 e. The molecular formula is C18H19NO5. The SMILES string of the molecule is COC(=O)[C@@H](OCc1ccc([N+](=O)[O-])cc1)[C@H](C)c1ccccc1. The summed E-state index contributed by atoms with van der Waals surface area (Å²) < 4.78 is 10.6. The number of benzene rings is 2. The Bertz CT molecular complexity index is 684. The van der Waals surface area contributed by atoms with Gasteiger partial charge in [0.1, 0.15) is 0 Å². The molecule has 0 amide bonds. The quantitative estimate of drug-likeness (QED) is 0.441. The highest BCUT2D eigenvalue weighted by atomic mass is 16.6. The number of nitro benzene ring substituents is 1. The highest BCUT2D eigenvalue weighted by Crippen LogP contribution is 2.23. The first-order chi connectivity index (χ1) is 11.5. The zero-order valence-electron chi connectivity index (χ0n) is 13.5. The molecule has 126 valence electrons. The first kappa shape index (κ1) is 17.6. The third-order valence-electron chi connectivity index (χ3n) is 3.79. The Morgan fingerprint density at radius 3 is 2.29 bits per heavy atom. The van der Waals surface area contributed by atoms with E-state index >= 15 is 0 Å². The van der Waals surface area contributed by atoms with Crippen molar-refractivity contribution >= 4 is 11.7 Å². The molecule has 2 atom stereocenters. The van der Waals surface area contributed by atoms with Crippen molar-refractivity contribution in [3.05, 3.63) is 75.8 Å². The Labute approximate surface area is 140 Å². The highest BCUT2D eigenvalue weighted by Gasteiger charge is 2.28. The number of nitrogens with zero attached hydrogens (tertiary/aromatic N) is 1. The average molecular weight is 329 g/mol. The standard InChI is InChI=1S/C18H19NO5/c1-13(15-6-4-3-5-7-15)17(18(20)23-2)24-12-14-8-10-16(11-9-14)19(21)22/h3-11,13,17H,12H2,1-2H3/t13-,17+/m1/s1. The van der Waals surface area contributed by atoms with Gasteiger partial charge < -0.3 is 9.47 Å². The number of hydrogen-bond acceptors (Lipinski definition) is 5. The molecule has 0 heterocycles. The van der Waals surface area contributed by atoms with Gasteiger partial charge in [-0.15, -0.1) is 0 Å². The number of non-ortho nitro benzene ring substituents is 1. The van der Waals surface area contributed by atoms with Gasteiger partial charge in [-0.25, -0.2) is 4.79 Å². The number of carbonyl (C=O) groups is 1. The summed E-state index contributed by atoms with van der Waals surface area (Å²) in [4.78, 5) is 22.3. The van der Waals surface area contributed by atoms with Crippen molar-refractivity contribution < 1.29 is 19.2 Å². The lowest BCUT2D eigenvalue weighted by molar-refractivity contribution is -0.384. The lowest BCUT2D eigenvalue weighted by atomic mass is 9.95. The van der Waals surface area contributed by atoms with Crippen LogP contribution in [0.5, 0.6) is 0 Å². The van der Waals surface area contributed by atoms with Gasteiger partial charge in [-0.05, 0) is 23.3 Å². The van der Waals surface area contributed by atoms with Crippen LogP contribution in [-0.4, -0.2) is 24.1 Å². The van der Waals surface area contributed by atoms with Gasteiger partial charge in [0.05, 0.1) is 18.6 Å². The lowest BCUT2D eigenvalue weighted by Gasteiger charge is -2.22. The van der Waals surface area contributed by atoms with Crippen molar-refractivity contribution in [1.29, 1.82) is 0 Å². The summed E-state index contributed by atoms with van der Waals surface area (Å²) in [5.74, 6) is -0.634. The van der Waals surface area contributed by atoms with Crippen molar-refractivity contribution in [1.82, 2.24) is 0 Å². The van der Waals surface area contributed by atoms with Gasteiger partial charge in [-0.2, -0.15) is 0 Å². The minimum absolute atomic E-state index is 0.0147. The van der Waals surface area contributed by atoms with Gasteiger partial charge >= 0.3 is 5.97 Å². The Morgan fingerprint density at radius 2 is 1.75 bits per heavy atom. The van der Waals surface area contributed by atoms with Crippen LogP contribution >= 0.6 is 0 Å². The summed E-state index contributed by atoms with van der Waals surface area (Å²) in [6.45, 7) is 2.06. The van der Waals surface area contributed by atoms with Crippen LogP contribution in [0.1, 0.15) is 24.0 Å². The van der Waals surface area contributed by atoms with Crippen LogP contribution in [0.3, 0.4) is 0 Å². The average Bonchev–Trinajstić information content (AvgIpc) is 2.62. The first-order valence-corrected chi connectivity index (χ1v) is 7.50. The third-order valence-corrected chi connectivity index (χ3v) is 3.79. The molecule has 2 aromatic rings. The zero-order chi connectivity index (χ0) is 17.5. The van der Waals surface area contributed by atoms with Crippen molar-refractivity contribution in [2.24, 2.45) is 0 Å². The molecule has 0 aliphatic heterocycles. The number of methoxy groups -OCH3 is 1. The van der Waals surface area contributed by atoms with Crippen molar-refractivity contribution in [2.75, 3.05) is 7.11 Å². The highest BCUT2D eigenvalue weighted by molar-refractivity contribution is 5.75. The van der Waals surface area contributed by atoms with Crippen LogP contribution in [0, 0.1) is 10.1 Å². The molecule has 0 radical (unpaired) electrons. The number of hydrogen-bond donors (Lipinski definition) is 0. The molecule has 24 heavy (non-hydrogen) atoms. The predicted molar refractivity (Wildman–Crippen MR) is 88.5 cm³/mol. The molecule has 0 spiro atoms. The molecule has 2 aromatic carbocycles. The monoisotopic (exact) mass is 329 g/mol.